The van der Waals surface area contributed by atoms with Crippen molar-refractivity contribution in [1.29, 1.82) is 0 Å². The number of hydrogen-bond acceptors (Lipinski definition) is 5. The zero-order chi connectivity index (χ0) is 12.8. The summed E-state index contributed by atoms with van der Waals surface area (Å²) < 4.78 is 6.59. The number of rotatable bonds is 6. The Morgan fingerprint density at radius 2 is 2.29 bits per heavy atom. The monoisotopic (exact) mass is 240 g/mol. The normalized spacial score (nSPS) is 11.2. The third-order valence-corrected chi connectivity index (χ3v) is 2.38. The Hall–Kier alpha value is -1.43. The highest BCUT2D eigenvalue weighted by atomic mass is 16.5. The van der Waals surface area contributed by atoms with E-state index in [9.17, 15) is 4.79 Å². The largest absolute Gasteiger partial charge is 0.465 e. The van der Waals surface area contributed by atoms with Gasteiger partial charge >= 0.3 is 5.97 Å². The number of ether oxygens (including phenoxy) is 1. The summed E-state index contributed by atoms with van der Waals surface area (Å²) in [5, 5.41) is 7.88. The maximum absolute atomic E-state index is 11.4. The van der Waals surface area contributed by atoms with Gasteiger partial charge in [0.1, 0.15) is 0 Å². The highest BCUT2D eigenvalue weighted by molar-refractivity contribution is 5.71. The van der Waals surface area contributed by atoms with Crippen molar-refractivity contribution in [2.45, 2.75) is 33.4 Å². The molecular formula is C11H20N4O2. The van der Waals surface area contributed by atoms with Gasteiger partial charge in [0.25, 0.3) is 0 Å². The van der Waals surface area contributed by atoms with Crippen molar-refractivity contribution in [3.63, 3.8) is 0 Å². The molecule has 0 saturated heterocycles. The minimum atomic E-state index is -0.204. The lowest BCUT2D eigenvalue weighted by atomic mass is 10.3. The third-order valence-electron chi connectivity index (χ3n) is 2.38. The number of nitrogens with zero attached hydrogens (tertiary/aromatic N) is 4. The maximum atomic E-state index is 11.4. The van der Waals surface area contributed by atoms with Crippen LogP contribution in [0.5, 0.6) is 0 Å². The lowest BCUT2D eigenvalue weighted by molar-refractivity contribution is -0.145. The third kappa shape index (κ3) is 4.52. The molecule has 0 unspecified atom stereocenters. The number of aromatic nitrogens is 3. The predicted octanol–water partition coefficient (Wildman–Crippen LogP) is 0.589. The Bertz CT molecular complexity index is 362. The second-order valence-electron chi connectivity index (χ2n) is 4.19. The van der Waals surface area contributed by atoms with Crippen LogP contribution in [0.3, 0.4) is 0 Å². The summed E-state index contributed by atoms with van der Waals surface area (Å²) >= 11 is 0. The van der Waals surface area contributed by atoms with E-state index in [0.717, 1.165) is 5.69 Å². The second-order valence-corrected chi connectivity index (χ2v) is 4.19. The van der Waals surface area contributed by atoms with Crippen LogP contribution in [-0.4, -0.2) is 45.1 Å². The topological polar surface area (TPSA) is 60.2 Å². The Balaban J connectivity index is 2.57. The molecule has 0 saturated carbocycles. The van der Waals surface area contributed by atoms with Crippen molar-refractivity contribution in [3.05, 3.63) is 11.9 Å². The highest BCUT2D eigenvalue weighted by Gasteiger charge is 2.16. The van der Waals surface area contributed by atoms with Crippen LogP contribution >= 0.6 is 0 Å². The molecule has 0 N–H and O–H groups in total. The van der Waals surface area contributed by atoms with E-state index in [1.165, 1.54) is 0 Å². The molecule has 0 aliphatic carbocycles. The lowest BCUT2D eigenvalue weighted by Gasteiger charge is -2.24. The molecule has 6 heteroatoms. The first-order chi connectivity index (χ1) is 8.02. The molecule has 0 amide bonds. The van der Waals surface area contributed by atoms with Crippen molar-refractivity contribution in [2.24, 2.45) is 7.05 Å². The van der Waals surface area contributed by atoms with Gasteiger partial charge < -0.3 is 4.74 Å². The van der Waals surface area contributed by atoms with Gasteiger partial charge in [-0.1, -0.05) is 5.21 Å². The van der Waals surface area contributed by atoms with Crippen LogP contribution in [0.1, 0.15) is 26.5 Å². The van der Waals surface area contributed by atoms with Gasteiger partial charge in [0.05, 0.1) is 18.8 Å². The first-order valence-electron chi connectivity index (χ1n) is 5.77. The first-order valence-corrected chi connectivity index (χ1v) is 5.77. The summed E-state index contributed by atoms with van der Waals surface area (Å²) in [5.41, 5.74) is 0.852. The summed E-state index contributed by atoms with van der Waals surface area (Å²) in [4.78, 5) is 13.5. The number of carbonyl (C=O) groups is 1. The van der Waals surface area contributed by atoms with E-state index >= 15 is 0 Å². The van der Waals surface area contributed by atoms with Crippen molar-refractivity contribution >= 4 is 5.97 Å². The average Bonchev–Trinajstić information content (AvgIpc) is 2.63. The molecule has 0 aliphatic rings. The van der Waals surface area contributed by atoms with Gasteiger partial charge in [-0.15, -0.1) is 5.10 Å². The molecule has 0 aliphatic heterocycles. The standard InChI is InChI=1S/C11H20N4O2/c1-5-17-11(16)8-15(9(2)3)7-10-6-14(4)13-12-10/h6,9H,5,7-8H2,1-4H3. The van der Waals surface area contributed by atoms with Gasteiger partial charge in [0, 0.05) is 25.8 Å². The van der Waals surface area contributed by atoms with Crippen LogP contribution in [0.4, 0.5) is 0 Å². The van der Waals surface area contributed by atoms with Gasteiger partial charge in [-0.2, -0.15) is 0 Å². The van der Waals surface area contributed by atoms with Gasteiger partial charge in [-0.25, -0.2) is 0 Å². The molecule has 0 bridgehead atoms. The molecule has 6 nitrogen and oxygen atoms in total. The molecular weight excluding hydrogens is 220 g/mol. The summed E-state index contributed by atoms with van der Waals surface area (Å²) in [6.45, 7) is 7.17. The van der Waals surface area contributed by atoms with Crippen LogP contribution in [0.15, 0.2) is 6.20 Å². The fourth-order valence-corrected chi connectivity index (χ4v) is 1.47. The quantitative estimate of drug-likeness (QED) is 0.681. The summed E-state index contributed by atoms with van der Waals surface area (Å²) in [6.07, 6.45) is 1.85. The van der Waals surface area contributed by atoms with E-state index in [2.05, 4.69) is 10.3 Å². The number of hydrogen-bond donors (Lipinski definition) is 0. The molecule has 1 aromatic rings. The second kappa shape index (κ2) is 6.34. The number of aryl methyl sites for hydroxylation is 1. The number of esters is 1. The van der Waals surface area contributed by atoms with Crippen LogP contribution in [0, 0.1) is 0 Å². The molecule has 0 fully saturated rings. The van der Waals surface area contributed by atoms with E-state index in [0.29, 0.717) is 13.2 Å². The summed E-state index contributed by atoms with van der Waals surface area (Å²) in [5.74, 6) is -0.204. The first kappa shape index (κ1) is 13.6. The SMILES string of the molecule is CCOC(=O)CN(Cc1cn(C)nn1)C(C)C. The Morgan fingerprint density at radius 1 is 1.59 bits per heavy atom. The smallest absolute Gasteiger partial charge is 0.320 e. The minimum absolute atomic E-state index is 0.204. The zero-order valence-corrected chi connectivity index (χ0v) is 10.9. The van der Waals surface area contributed by atoms with Gasteiger partial charge in [-0.3, -0.25) is 14.4 Å². The van der Waals surface area contributed by atoms with Gasteiger partial charge in [0.15, 0.2) is 0 Å². The van der Waals surface area contributed by atoms with Crippen LogP contribution in [0.25, 0.3) is 0 Å². The number of carbonyl (C=O) groups excluding carboxylic acids is 1. The molecule has 0 aromatic carbocycles. The minimum Gasteiger partial charge on any atom is -0.465 e. The molecule has 0 spiro atoms. The Morgan fingerprint density at radius 3 is 2.76 bits per heavy atom. The summed E-state index contributed by atoms with van der Waals surface area (Å²) in [6, 6.07) is 0.251. The molecule has 1 heterocycles. The summed E-state index contributed by atoms with van der Waals surface area (Å²) in [7, 11) is 1.82. The van der Waals surface area contributed by atoms with E-state index < -0.39 is 0 Å². The molecule has 1 rings (SSSR count). The van der Waals surface area contributed by atoms with Crippen LogP contribution in [0.2, 0.25) is 0 Å². The Labute approximate surface area is 102 Å². The molecule has 96 valence electrons. The molecule has 1 aromatic heterocycles. The van der Waals surface area contributed by atoms with Crippen LogP contribution in [-0.2, 0) is 23.1 Å². The average molecular weight is 240 g/mol. The molecule has 17 heavy (non-hydrogen) atoms. The van der Waals surface area contributed by atoms with Gasteiger partial charge in [0.2, 0.25) is 0 Å². The maximum Gasteiger partial charge on any atom is 0.320 e. The van der Waals surface area contributed by atoms with Crippen molar-refractivity contribution in [1.82, 2.24) is 19.9 Å². The highest BCUT2D eigenvalue weighted by Crippen LogP contribution is 2.05. The van der Waals surface area contributed by atoms with Crippen molar-refractivity contribution in [2.75, 3.05) is 13.2 Å². The van der Waals surface area contributed by atoms with E-state index in [1.54, 1.807) is 11.6 Å². The van der Waals surface area contributed by atoms with Crippen LogP contribution < -0.4 is 0 Å². The Kier molecular flexibility index (Phi) is 5.09. The van der Waals surface area contributed by atoms with Crippen molar-refractivity contribution in [3.8, 4) is 0 Å². The molecule has 0 atom stereocenters. The molecule has 0 radical (unpaired) electrons. The predicted molar refractivity (Wildman–Crippen MR) is 63.2 cm³/mol. The van der Waals surface area contributed by atoms with E-state index in [4.69, 9.17) is 4.74 Å². The lowest BCUT2D eigenvalue weighted by Crippen LogP contribution is -2.36. The van der Waals surface area contributed by atoms with E-state index in [-0.39, 0.29) is 18.6 Å². The fourth-order valence-electron chi connectivity index (χ4n) is 1.47. The zero-order valence-electron chi connectivity index (χ0n) is 10.9. The van der Waals surface area contributed by atoms with Crippen molar-refractivity contribution < 1.29 is 9.53 Å². The van der Waals surface area contributed by atoms with Gasteiger partial charge in [-0.05, 0) is 20.8 Å². The van der Waals surface area contributed by atoms with E-state index in [1.807, 2.05) is 32.0 Å². The fraction of sp³-hybridized carbons (Fsp3) is 0.727.